The zero-order chi connectivity index (χ0) is 20.2. The lowest BCUT2D eigenvalue weighted by Crippen LogP contribution is -3.10. The molecule has 0 amide bonds. The topological polar surface area (TPSA) is 105 Å². The van der Waals surface area contributed by atoms with Crippen molar-refractivity contribution in [1.29, 1.82) is 0 Å². The number of aromatic amines is 2. The van der Waals surface area contributed by atoms with Gasteiger partial charge in [0.25, 0.3) is 11.1 Å². The van der Waals surface area contributed by atoms with E-state index >= 15 is 0 Å². The van der Waals surface area contributed by atoms with Crippen LogP contribution in [0.1, 0.15) is 11.6 Å². The van der Waals surface area contributed by atoms with E-state index in [1.165, 1.54) is 0 Å². The maximum atomic E-state index is 12.4. The number of methoxy groups -OCH3 is 1. The highest BCUT2D eigenvalue weighted by molar-refractivity contribution is 5.77. The van der Waals surface area contributed by atoms with Gasteiger partial charge >= 0.3 is 0 Å². The molecule has 4 aromatic rings. The van der Waals surface area contributed by atoms with Crippen molar-refractivity contribution in [3.05, 3.63) is 80.9 Å². The highest BCUT2D eigenvalue weighted by atomic mass is 16.5. The summed E-state index contributed by atoms with van der Waals surface area (Å²) in [6, 6.07) is 14.5. The molecule has 0 bridgehead atoms. The average Bonchev–Trinajstić information content (AvgIpc) is 2.72. The van der Waals surface area contributed by atoms with E-state index in [1.54, 1.807) is 19.2 Å². The van der Waals surface area contributed by atoms with Gasteiger partial charge in [-0.2, -0.15) is 0 Å². The van der Waals surface area contributed by atoms with Crippen molar-refractivity contribution < 1.29 is 9.64 Å². The molecule has 148 valence electrons. The third-order valence-electron chi connectivity index (χ3n) is 4.82. The fourth-order valence-corrected chi connectivity index (χ4v) is 3.40. The number of fused-ring (bicyclic) bond motifs is 2. The van der Waals surface area contributed by atoms with E-state index in [0.29, 0.717) is 59.7 Å². The van der Waals surface area contributed by atoms with Crippen molar-refractivity contribution in [2.24, 2.45) is 0 Å². The van der Waals surface area contributed by atoms with Crippen LogP contribution < -0.4 is 16.0 Å². The highest BCUT2D eigenvalue weighted by Crippen LogP contribution is 2.06. The van der Waals surface area contributed by atoms with Crippen molar-refractivity contribution in [2.45, 2.75) is 13.1 Å². The predicted octanol–water partition coefficient (Wildman–Crippen LogP) is 0.391. The molecule has 0 unspecified atom stereocenters. The van der Waals surface area contributed by atoms with E-state index in [4.69, 9.17) is 4.74 Å². The number of ether oxygens (including phenoxy) is 1. The second-order valence-electron chi connectivity index (χ2n) is 6.91. The quantitative estimate of drug-likeness (QED) is 0.422. The number of hydrogen-bond donors (Lipinski definition) is 3. The Morgan fingerprint density at radius 1 is 0.828 bits per heavy atom. The molecule has 0 atom stereocenters. The summed E-state index contributed by atoms with van der Waals surface area (Å²) >= 11 is 0. The Morgan fingerprint density at radius 3 is 1.79 bits per heavy atom. The third kappa shape index (κ3) is 4.23. The van der Waals surface area contributed by atoms with Crippen LogP contribution in [-0.4, -0.2) is 40.2 Å². The maximum Gasteiger partial charge on any atom is 0.258 e. The van der Waals surface area contributed by atoms with Crippen LogP contribution in [0.5, 0.6) is 0 Å². The summed E-state index contributed by atoms with van der Waals surface area (Å²) in [5.74, 6) is 1.17. The standard InChI is InChI=1S/C21H21N5O3/c1-29-11-10-26(12-18-22-16-8-4-2-6-14(16)20(27)24-18)13-19-23-17-9-5-3-7-15(17)21(28)25-19/h2-9H,10-13H2,1H3,(H,22,24,27)(H,23,25,28)/p+1. The first-order valence-corrected chi connectivity index (χ1v) is 9.42. The van der Waals surface area contributed by atoms with Gasteiger partial charge in [-0.25, -0.2) is 9.97 Å². The number of benzene rings is 2. The molecule has 0 aliphatic heterocycles. The van der Waals surface area contributed by atoms with Crippen LogP contribution in [0.15, 0.2) is 58.1 Å². The van der Waals surface area contributed by atoms with E-state index in [1.807, 2.05) is 36.4 Å². The van der Waals surface area contributed by atoms with Crippen molar-refractivity contribution in [2.75, 3.05) is 20.3 Å². The Morgan fingerprint density at radius 2 is 1.31 bits per heavy atom. The third-order valence-corrected chi connectivity index (χ3v) is 4.82. The molecular weight excluding hydrogens is 370 g/mol. The van der Waals surface area contributed by atoms with Crippen LogP contribution in [0.2, 0.25) is 0 Å². The summed E-state index contributed by atoms with van der Waals surface area (Å²) in [7, 11) is 1.64. The average molecular weight is 392 g/mol. The summed E-state index contributed by atoms with van der Waals surface area (Å²) in [6.07, 6.45) is 0. The first-order valence-electron chi connectivity index (χ1n) is 9.42. The lowest BCUT2D eigenvalue weighted by Gasteiger charge is -2.18. The van der Waals surface area contributed by atoms with Crippen molar-refractivity contribution in [1.82, 2.24) is 19.9 Å². The second kappa shape index (κ2) is 8.34. The largest absolute Gasteiger partial charge is 0.379 e. The maximum absolute atomic E-state index is 12.4. The Bertz CT molecular complexity index is 1170. The molecule has 0 aliphatic rings. The van der Waals surface area contributed by atoms with E-state index in [9.17, 15) is 9.59 Å². The van der Waals surface area contributed by atoms with Gasteiger partial charge in [0.1, 0.15) is 19.6 Å². The molecule has 4 rings (SSSR count). The number of aromatic nitrogens is 4. The van der Waals surface area contributed by atoms with Crippen molar-refractivity contribution >= 4 is 21.8 Å². The Balaban J connectivity index is 1.63. The fourth-order valence-electron chi connectivity index (χ4n) is 3.40. The predicted molar refractivity (Wildman–Crippen MR) is 110 cm³/mol. The van der Waals surface area contributed by atoms with Crippen molar-refractivity contribution in [3.63, 3.8) is 0 Å². The minimum absolute atomic E-state index is 0.158. The molecule has 0 spiro atoms. The molecule has 3 N–H and O–H groups in total. The van der Waals surface area contributed by atoms with Gasteiger partial charge in [-0.1, -0.05) is 24.3 Å². The van der Waals surface area contributed by atoms with Crippen LogP contribution in [0.25, 0.3) is 21.8 Å². The first-order chi connectivity index (χ1) is 14.1. The molecule has 2 aromatic carbocycles. The molecule has 8 nitrogen and oxygen atoms in total. The number of rotatable bonds is 7. The molecule has 2 aromatic heterocycles. The zero-order valence-electron chi connectivity index (χ0n) is 16.1. The summed E-state index contributed by atoms with van der Waals surface area (Å²) < 4.78 is 5.23. The number of quaternary nitrogens is 1. The monoisotopic (exact) mass is 392 g/mol. The van der Waals surface area contributed by atoms with Crippen LogP contribution in [-0.2, 0) is 17.8 Å². The van der Waals surface area contributed by atoms with Gasteiger partial charge in [-0.3, -0.25) is 9.59 Å². The Kier molecular flexibility index (Phi) is 5.46. The number of nitrogens with zero attached hydrogens (tertiary/aromatic N) is 2. The summed E-state index contributed by atoms with van der Waals surface area (Å²) in [4.78, 5) is 40.7. The summed E-state index contributed by atoms with van der Waals surface area (Å²) in [6.45, 7) is 2.15. The summed E-state index contributed by atoms with van der Waals surface area (Å²) in [5, 5.41) is 1.13. The van der Waals surface area contributed by atoms with Crippen LogP contribution in [0.4, 0.5) is 0 Å². The first kappa shape index (κ1) is 19.0. The van der Waals surface area contributed by atoms with Crippen molar-refractivity contribution in [3.8, 4) is 0 Å². The van der Waals surface area contributed by atoms with Gasteiger partial charge in [0.05, 0.1) is 28.4 Å². The lowest BCUT2D eigenvalue weighted by molar-refractivity contribution is -0.929. The van der Waals surface area contributed by atoms with Gasteiger partial charge in [-0.15, -0.1) is 0 Å². The fraction of sp³-hybridized carbons (Fsp3) is 0.238. The molecule has 0 aliphatic carbocycles. The smallest absolute Gasteiger partial charge is 0.258 e. The van der Waals surface area contributed by atoms with E-state index < -0.39 is 0 Å². The minimum Gasteiger partial charge on any atom is -0.379 e. The van der Waals surface area contributed by atoms with Gasteiger partial charge in [0, 0.05) is 7.11 Å². The molecule has 0 saturated carbocycles. The molecule has 0 fully saturated rings. The van der Waals surface area contributed by atoms with E-state index in [-0.39, 0.29) is 11.1 Å². The lowest BCUT2D eigenvalue weighted by atomic mass is 10.2. The van der Waals surface area contributed by atoms with Gasteiger partial charge in [0.15, 0.2) is 11.6 Å². The number of para-hydroxylation sites is 2. The number of hydrogen-bond acceptors (Lipinski definition) is 5. The van der Waals surface area contributed by atoms with Gasteiger partial charge < -0.3 is 19.6 Å². The summed E-state index contributed by atoms with van der Waals surface area (Å²) in [5.41, 5.74) is 1.01. The van der Waals surface area contributed by atoms with Gasteiger partial charge in [0.2, 0.25) is 0 Å². The molecular formula is C21H22N5O3+. The normalized spacial score (nSPS) is 11.5. The van der Waals surface area contributed by atoms with Gasteiger partial charge in [-0.05, 0) is 24.3 Å². The van der Waals surface area contributed by atoms with Crippen LogP contribution in [0, 0.1) is 0 Å². The Labute approximate surface area is 166 Å². The molecule has 0 saturated heterocycles. The van der Waals surface area contributed by atoms with E-state index in [0.717, 1.165) is 4.90 Å². The van der Waals surface area contributed by atoms with Crippen LogP contribution >= 0.6 is 0 Å². The molecule has 29 heavy (non-hydrogen) atoms. The highest BCUT2D eigenvalue weighted by Gasteiger charge is 2.16. The molecule has 8 heteroatoms. The molecule has 2 heterocycles. The van der Waals surface area contributed by atoms with E-state index in [2.05, 4.69) is 19.9 Å². The minimum atomic E-state index is -0.158. The zero-order valence-corrected chi connectivity index (χ0v) is 16.1. The Hall–Kier alpha value is -3.36. The molecule has 0 radical (unpaired) electrons. The number of nitrogens with one attached hydrogen (secondary N) is 3. The SMILES string of the molecule is COCC[NH+](Cc1nc2ccccc2c(=O)[nH]1)Cc1nc2ccccc2c(=O)[nH]1. The van der Waals surface area contributed by atoms with Crippen LogP contribution in [0.3, 0.4) is 0 Å². The second-order valence-corrected chi connectivity index (χ2v) is 6.91. The number of H-pyrrole nitrogens is 2.